The van der Waals surface area contributed by atoms with E-state index < -0.39 is 5.92 Å². The van der Waals surface area contributed by atoms with E-state index in [4.69, 9.17) is 18.0 Å². The van der Waals surface area contributed by atoms with Gasteiger partial charge in [-0.25, -0.2) is 0 Å². The zero-order valence-corrected chi connectivity index (χ0v) is 12.0. The van der Waals surface area contributed by atoms with Gasteiger partial charge in [0.25, 0.3) is 0 Å². The lowest BCUT2D eigenvalue weighted by Gasteiger charge is -2.32. The van der Waals surface area contributed by atoms with E-state index in [0.717, 1.165) is 12.1 Å². The van der Waals surface area contributed by atoms with E-state index in [2.05, 4.69) is 0 Å². The zero-order chi connectivity index (χ0) is 13.8. The quantitative estimate of drug-likeness (QED) is 0.840. The van der Waals surface area contributed by atoms with E-state index in [0.29, 0.717) is 5.92 Å². The van der Waals surface area contributed by atoms with Crippen molar-refractivity contribution < 1.29 is 4.79 Å². The van der Waals surface area contributed by atoms with Gasteiger partial charge in [-0.3, -0.25) is 4.79 Å². The Hall–Kier alpha value is -1.42. The minimum atomic E-state index is -0.499. The molecule has 1 amide bonds. The summed E-state index contributed by atoms with van der Waals surface area (Å²) < 4.78 is 0. The van der Waals surface area contributed by atoms with E-state index in [1.807, 2.05) is 37.4 Å². The van der Waals surface area contributed by atoms with Crippen molar-refractivity contribution in [3.05, 3.63) is 35.9 Å². The van der Waals surface area contributed by atoms with Gasteiger partial charge >= 0.3 is 0 Å². The number of carbonyl (C=O) groups is 1. The Morgan fingerprint density at radius 3 is 2.53 bits per heavy atom. The van der Waals surface area contributed by atoms with Crippen LogP contribution in [0.15, 0.2) is 30.3 Å². The number of rotatable bonds is 5. The number of thiocarbonyl (C=S) groups is 1. The molecule has 2 N–H and O–H groups in total. The second kappa shape index (κ2) is 6.15. The van der Waals surface area contributed by atoms with E-state index in [9.17, 15) is 4.79 Å². The van der Waals surface area contributed by atoms with Crippen molar-refractivity contribution in [1.82, 2.24) is 4.90 Å². The first-order valence-electron chi connectivity index (χ1n) is 6.69. The van der Waals surface area contributed by atoms with Crippen LogP contribution in [0.5, 0.6) is 0 Å². The smallest absolute Gasteiger partial charge is 0.236 e. The zero-order valence-electron chi connectivity index (χ0n) is 11.2. The lowest BCUT2D eigenvalue weighted by molar-refractivity contribution is -0.130. The molecule has 102 valence electrons. The highest BCUT2D eigenvalue weighted by atomic mass is 32.1. The first-order valence-corrected chi connectivity index (χ1v) is 7.09. The minimum absolute atomic E-state index is 0.00519. The molecule has 0 radical (unpaired) electrons. The highest BCUT2D eigenvalue weighted by Gasteiger charge is 2.29. The fourth-order valence-corrected chi connectivity index (χ4v) is 2.68. The van der Waals surface area contributed by atoms with Crippen LogP contribution in [0.25, 0.3) is 0 Å². The van der Waals surface area contributed by atoms with Gasteiger partial charge in [0.2, 0.25) is 5.91 Å². The third kappa shape index (κ3) is 3.32. The summed E-state index contributed by atoms with van der Waals surface area (Å²) in [4.78, 5) is 14.5. The Kier molecular flexibility index (Phi) is 4.53. The SMILES string of the molecule is CN(CC1CCC1)C(=O)C(C(N)=S)c1ccccc1. The van der Waals surface area contributed by atoms with Gasteiger partial charge in [-0.1, -0.05) is 49.0 Å². The Morgan fingerprint density at radius 2 is 2.05 bits per heavy atom. The highest BCUT2D eigenvalue weighted by molar-refractivity contribution is 7.80. The molecule has 1 atom stereocenters. The van der Waals surface area contributed by atoms with Crippen molar-refractivity contribution >= 4 is 23.1 Å². The molecule has 19 heavy (non-hydrogen) atoms. The Balaban J connectivity index is 2.10. The second-order valence-corrected chi connectivity index (χ2v) is 5.73. The molecule has 3 nitrogen and oxygen atoms in total. The lowest BCUT2D eigenvalue weighted by Crippen LogP contribution is -2.40. The van der Waals surface area contributed by atoms with Gasteiger partial charge in [0.05, 0.1) is 4.99 Å². The first-order chi connectivity index (χ1) is 9.09. The van der Waals surface area contributed by atoms with Crippen molar-refractivity contribution in [2.75, 3.05) is 13.6 Å². The number of nitrogens with two attached hydrogens (primary N) is 1. The summed E-state index contributed by atoms with van der Waals surface area (Å²) in [5.74, 6) is 0.156. The molecule has 1 aromatic rings. The van der Waals surface area contributed by atoms with Gasteiger partial charge in [-0.15, -0.1) is 0 Å². The molecule has 1 aliphatic rings. The molecular weight excluding hydrogens is 256 g/mol. The van der Waals surface area contributed by atoms with Crippen molar-refractivity contribution in [3.63, 3.8) is 0 Å². The third-order valence-corrected chi connectivity index (χ3v) is 4.03. The summed E-state index contributed by atoms with van der Waals surface area (Å²) in [6.45, 7) is 0.810. The number of benzene rings is 1. The van der Waals surface area contributed by atoms with Gasteiger partial charge in [-0.05, 0) is 24.3 Å². The molecule has 2 rings (SSSR count). The molecule has 4 heteroatoms. The van der Waals surface area contributed by atoms with E-state index in [1.54, 1.807) is 4.90 Å². The van der Waals surface area contributed by atoms with Crippen LogP contribution in [0, 0.1) is 5.92 Å². The van der Waals surface area contributed by atoms with Crippen molar-refractivity contribution in [2.24, 2.45) is 11.7 Å². The molecule has 0 spiro atoms. The molecule has 0 bridgehead atoms. The third-order valence-electron chi connectivity index (χ3n) is 3.80. The summed E-state index contributed by atoms with van der Waals surface area (Å²) in [6.07, 6.45) is 3.73. The minimum Gasteiger partial charge on any atom is -0.392 e. The molecule has 0 saturated heterocycles. The highest BCUT2D eigenvalue weighted by Crippen LogP contribution is 2.28. The summed E-state index contributed by atoms with van der Waals surface area (Å²) >= 11 is 5.08. The maximum absolute atomic E-state index is 12.5. The van der Waals surface area contributed by atoms with Crippen LogP contribution < -0.4 is 5.73 Å². The second-order valence-electron chi connectivity index (χ2n) is 5.26. The molecule has 0 aromatic heterocycles. The molecular formula is C15H20N2OS. The van der Waals surface area contributed by atoms with Crippen molar-refractivity contribution in [2.45, 2.75) is 25.2 Å². The Labute approximate surface area is 119 Å². The number of hydrogen-bond donors (Lipinski definition) is 1. The van der Waals surface area contributed by atoms with Gasteiger partial charge < -0.3 is 10.6 Å². The topological polar surface area (TPSA) is 46.3 Å². The molecule has 1 saturated carbocycles. The number of nitrogens with zero attached hydrogens (tertiary/aromatic N) is 1. The largest absolute Gasteiger partial charge is 0.392 e. The predicted molar refractivity (Wildman–Crippen MR) is 80.9 cm³/mol. The number of hydrogen-bond acceptors (Lipinski definition) is 2. The summed E-state index contributed by atoms with van der Waals surface area (Å²) in [5, 5.41) is 0. The average molecular weight is 276 g/mol. The maximum Gasteiger partial charge on any atom is 0.236 e. The molecule has 1 aromatic carbocycles. The van der Waals surface area contributed by atoms with E-state index in [-0.39, 0.29) is 10.9 Å². The van der Waals surface area contributed by atoms with Crippen LogP contribution in [-0.2, 0) is 4.79 Å². The van der Waals surface area contributed by atoms with Gasteiger partial charge in [-0.2, -0.15) is 0 Å². The number of likely N-dealkylation sites (N-methyl/N-ethyl adjacent to an activating group) is 1. The fourth-order valence-electron chi connectivity index (χ4n) is 2.45. The Bertz CT molecular complexity index is 456. The van der Waals surface area contributed by atoms with Crippen molar-refractivity contribution in [3.8, 4) is 0 Å². The maximum atomic E-state index is 12.5. The van der Waals surface area contributed by atoms with Crippen LogP contribution in [0.4, 0.5) is 0 Å². The molecule has 1 aliphatic carbocycles. The predicted octanol–water partition coefficient (Wildman–Crippen LogP) is 2.31. The van der Waals surface area contributed by atoms with Crippen LogP contribution in [-0.4, -0.2) is 29.4 Å². The molecule has 0 heterocycles. The van der Waals surface area contributed by atoms with Gasteiger partial charge in [0.1, 0.15) is 5.92 Å². The lowest BCUT2D eigenvalue weighted by atomic mass is 9.85. The first kappa shape index (κ1) is 14.0. The van der Waals surface area contributed by atoms with E-state index >= 15 is 0 Å². The number of amides is 1. The average Bonchev–Trinajstić information content (AvgIpc) is 2.34. The number of carbonyl (C=O) groups excluding carboxylic acids is 1. The van der Waals surface area contributed by atoms with Crippen LogP contribution >= 0.6 is 12.2 Å². The van der Waals surface area contributed by atoms with Crippen LogP contribution in [0.3, 0.4) is 0 Å². The molecule has 1 fully saturated rings. The Morgan fingerprint density at radius 1 is 1.42 bits per heavy atom. The monoisotopic (exact) mass is 276 g/mol. The van der Waals surface area contributed by atoms with Crippen LogP contribution in [0.2, 0.25) is 0 Å². The van der Waals surface area contributed by atoms with Gasteiger partial charge in [0.15, 0.2) is 0 Å². The summed E-state index contributed by atoms with van der Waals surface area (Å²) in [5.41, 5.74) is 6.64. The summed E-state index contributed by atoms with van der Waals surface area (Å²) in [7, 11) is 1.84. The molecule has 1 unspecified atom stereocenters. The molecule has 0 aliphatic heterocycles. The van der Waals surface area contributed by atoms with Gasteiger partial charge in [0, 0.05) is 13.6 Å². The van der Waals surface area contributed by atoms with Crippen molar-refractivity contribution in [1.29, 1.82) is 0 Å². The normalized spacial score (nSPS) is 16.5. The summed E-state index contributed by atoms with van der Waals surface area (Å²) in [6, 6.07) is 9.53. The van der Waals surface area contributed by atoms with Crippen LogP contribution in [0.1, 0.15) is 30.7 Å². The van der Waals surface area contributed by atoms with E-state index in [1.165, 1.54) is 19.3 Å². The standard InChI is InChI=1S/C15H20N2OS/c1-17(10-11-6-5-7-11)15(18)13(14(16)19)12-8-3-2-4-9-12/h2-4,8-9,11,13H,5-7,10H2,1H3,(H2,16,19). The fraction of sp³-hybridized carbons (Fsp3) is 0.467.